The molecule has 1 saturated heterocycles. The van der Waals surface area contributed by atoms with Crippen molar-refractivity contribution >= 4 is 35.2 Å². The van der Waals surface area contributed by atoms with Crippen molar-refractivity contribution in [1.29, 1.82) is 0 Å². The standard InChI is InChI=1S/C26H24N2O4S/c1-2-32-26(31)21-9-6-10-22(15-21)27-24(30)19-11-13-20(14-12-19)25-28(23(29)17-33-25)16-18-7-4-3-5-8-18/h3-15,25H,2,16-17H2,1H3,(H,27,30). The lowest BCUT2D eigenvalue weighted by molar-refractivity contribution is -0.128. The van der Waals surface area contributed by atoms with Gasteiger partial charge in [-0.15, -0.1) is 11.8 Å². The predicted molar refractivity (Wildman–Crippen MR) is 129 cm³/mol. The maximum Gasteiger partial charge on any atom is 0.338 e. The molecule has 0 bridgehead atoms. The Morgan fingerprint density at radius 1 is 1.00 bits per heavy atom. The summed E-state index contributed by atoms with van der Waals surface area (Å²) < 4.78 is 5.01. The fourth-order valence-corrected chi connectivity index (χ4v) is 4.81. The minimum Gasteiger partial charge on any atom is -0.462 e. The van der Waals surface area contributed by atoms with Gasteiger partial charge in [0.2, 0.25) is 5.91 Å². The van der Waals surface area contributed by atoms with Gasteiger partial charge in [0.05, 0.1) is 17.9 Å². The first-order valence-corrected chi connectivity index (χ1v) is 11.7. The Hall–Kier alpha value is -3.58. The number of rotatable bonds is 7. The summed E-state index contributed by atoms with van der Waals surface area (Å²) in [5.74, 6) is -0.158. The smallest absolute Gasteiger partial charge is 0.338 e. The molecule has 1 unspecified atom stereocenters. The van der Waals surface area contributed by atoms with Crippen molar-refractivity contribution < 1.29 is 19.1 Å². The normalized spacial score (nSPS) is 15.4. The van der Waals surface area contributed by atoms with Crippen molar-refractivity contribution in [3.8, 4) is 0 Å². The number of ether oxygens (including phenoxy) is 1. The van der Waals surface area contributed by atoms with Gasteiger partial charge in [0.1, 0.15) is 5.37 Å². The van der Waals surface area contributed by atoms with E-state index in [-0.39, 0.29) is 23.8 Å². The highest BCUT2D eigenvalue weighted by molar-refractivity contribution is 8.00. The molecule has 1 heterocycles. The van der Waals surface area contributed by atoms with Crippen LogP contribution in [0.3, 0.4) is 0 Å². The van der Waals surface area contributed by atoms with Gasteiger partial charge in [-0.25, -0.2) is 4.79 Å². The van der Waals surface area contributed by atoms with Crippen LogP contribution >= 0.6 is 11.8 Å². The second-order valence-electron chi connectivity index (χ2n) is 7.55. The number of carbonyl (C=O) groups excluding carboxylic acids is 3. The first kappa shape index (κ1) is 22.6. The third-order valence-corrected chi connectivity index (χ3v) is 6.51. The summed E-state index contributed by atoms with van der Waals surface area (Å²) in [4.78, 5) is 39.0. The lowest BCUT2D eigenvalue weighted by Gasteiger charge is -2.24. The van der Waals surface area contributed by atoms with Crippen molar-refractivity contribution in [3.63, 3.8) is 0 Å². The molecule has 2 amide bonds. The van der Waals surface area contributed by atoms with Gasteiger partial charge >= 0.3 is 5.97 Å². The monoisotopic (exact) mass is 460 g/mol. The summed E-state index contributed by atoms with van der Waals surface area (Å²) >= 11 is 1.59. The molecular formula is C26H24N2O4S. The van der Waals surface area contributed by atoms with Crippen LogP contribution in [0.15, 0.2) is 78.9 Å². The molecule has 168 valence electrons. The van der Waals surface area contributed by atoms with E-state index >= 15 is 0 Å². The third-order valence-electron chi connectivity index (χ3n) is 5.25. The average molecular weight is 461 g/mol. The Bertz CT molecular complexity index is 1150. The van der Waals surface area contributed by atoms with Gasteiger partial charge in [0.25, 0.3) is 5.91 Å². The fraction of sp³-hybridized carbons (Fsp3) is 0.192. The second kappa shape index (κ2) is 10.4. The van der Waals surface area contributed by atoms with Crippen LogP contribution in [0.1, 0.15) is 44.1 Å². The zero-order valence-electron chi connectivity index (χ0n) is 18.2. The number of amides is 2. The molecule has 3 aromatic carbocycles. The molecule has 1 fully saturated rings. The average Bonchev–Trinajstić information content (AvgIpc) is 3.20. The maximum atomic E-state index is 12.7. The first-order chi connectivity index (χ1) is 16.0. The van der Waals surface area contributed by atoms with E-state index < -0.39 is 5.97 Å². The molecule has 0 aromatic heterocycles. The molecule has 0 spiro atoms. The molecule has 0 aliphatic carbocycles. The number of nitrogens with zero attached hydrogens (tertiary/aromatic N) is 1. The minimum atomic E-state index is -0.429. The van der Waals surface area contributed by atoms with E-state index in [0.717, 1.165) is 11.1 Å². The van der Waals surface area contributed by atoms with E-state index in [2.05, 4.69) is 5.32 Å². The van der Waals surface area contributed by atoms with Crippen LogP contribution in [-0.2, 0) is 16.1 Å². The van der Waals surface area contributed by atoms with Gasteiger partial charge in [0, 0.05) is 17.8 Å². The van der Waals surface area contributed by atoms with Crippen LogP contribution in [-0.4, -0.2) is 35.0 Å². The van der Waals surface area contributed by atoms with Crippen molar-refractivity contribution in [2.45, 2.75) is 18.8 Å². The van der Waals surface area contributed by atoms with Gasteiger partial charge in [-0.1, -0.05) is 48.5 Å². The summed E-state index contributed by atoms with van der Waals surface area (Å²) in [7, 11) is 0. The summed E-state index contributed by atoms with van der Waals surface area (Å²) in [5, 5.41) is 2.73. The maximum absolute atomic E-state index is 12.7. The molecular weight excluding hydrogens is 436 g/mol. The topological polar surface area (TPSA) is 75.7 Å². The van der Waals surface area contributed by atoms with E-state index in [9.17, 15) is 14.4 Å². The molecule has 33 heavy (non-hydrogen) atoms. The number of benzene rings is 3. The summed E-state index contributed by atoms with van der Waals surface area (Å²) in [5.41, 5.74) is 3.44. The lowest BCUT2D eigenvalue weighted by Crippen LogP contribution is -2.27. The Labute approximate surface area is 196 Å². The van der Waals surface area contributed by atoms with Crippen molar-refractivity contribution in [3.05, 3.63) is 101 Å². The number of esters is 1. The summed E-state index contributed by atoms with van der Waals surface area (Å²) in [6.07, 6.45) is 0. The van der Waals surface area contributed by atoms with E-state index in [1.54, 1.807) is 55.1 Å². The number of anilines is 1. The van der Waals surface area contributed by atoms with Gasteiger partial charge in [-0.2, -0.15) is 0 Å². The van der Waals surface area contributed by atoms with E-state index in [1.165, 1.54) is 0 Å². The highest BCUT2D eigenvalue weighted by Crippen LogP contribution is 2.39. The summed E-state index contributed by atoms with van der Waals surface area (Å²) in [6, 6.07) is 23.8. The Balaban J connectivity index is 1.44. The number of carbonyl (C=O) groups is 3. The van der Waals surface area contributed by atoms with Crippen LogP contribution in [0.25, 0.3) is 0 Å². The van der Waals surface area contributed by atoms with Crippen LogP contribution < -0.4 is 5.32 Å². The molecule has 0 radical (unpaired) electrons. The van der Waals surface area contributed by atoms with E-state index in [4.69, 9.17) is 4.74 Å². The Kier molecular flexibility index (Phi) is 7.10. The van der Waals surface area contributed by atoms with Gasteiger partial charge in [0.15, 0.2) is 0 Å². The fourth-order valence-electron chi connectivity index (χ4n) is 3.62. The molecule has 0 saturated carbocycles. The van der Waals surface area contributed by atoms with Crippen LogP contribution in [0.2, 0.25) is 0 Å². The zero-order chi connectivity index (χ0) is 23.2. The molecule has 1 aliphatic rings. The number of thioether (sulfide) groups is 1. The molecule has 7 heteroatoms. The quantitative estimate of drug-likeness (QED) is 0.508. The van der Waals surface area contributed by atoms with Crippen LogP contribution in [0, 0.1) is 0 Å². The largest absolute Gasteiger partial charge is 0.462 e. The van der Waals surface area contributed by atoms with E-state index in [1.807, 2.05) is 47.4 Å². The minimum absolute atomic E-state index is 0.0870. The highest BCUT2D eigenvalue weighted by atomic mass is 32.2. The van der Waals surface area contributed by atoms with Crippen molar-refractivity contribution in [2.75, 3.05) is 17.7 Å². The molecule has 1 atom stereocenters. The third kappa shape index (κ3) is 5.43. The molecule has 6 nitrogen and oxygen atoms in total. The van der Waals surface area contributed by atoms with Crippen LogP contribution in [0.4, 0.5) is 5.69 Å². The van der Waals surface area contributed by atoms with Gasteiger partial charge < -0.3 is 15.0 Å². The molecule has 1 N–H and O–H groups in total. The number of hydrogen-bond acceptors (Lipinski definition) is 5. The summed E-state index contributed by atoms with van der Waals surface area (Å²) in [6.45, 7) is 2.58. The van der Waals surface area contributed by atoms with Crippen molar-refractivity contribution in [2.24, 2.45) is 0 Å². The van der Waals surface area contributed by atoms with Crippen molar-refractivity contribution in [1.82, 2.24) is 4.90 Å². The molecule has 4 rings (SSSR count). The Morgan fingerprint density at radius 2 is 1.76 bits per heavy atom. The zero-order valence-corrected chi connectivity index (χ0v) is 19.0. The first-order valence-electron chi connectivity index (χ1n) is 10.7. The van der Waals surface area contributed by atoms with Crippen LogP contribution in [0.5, 0.6) is 0 Å². The van der Waals surface area contributed by atoms with Gasteiger partial charge in [-0.05, 0) is 48.4 Å². The predicted octanol–water partition coefficient (Wildman–Crippen LogP) is 4.89. The molecule has 1 aliphatic heterocycles. The lowest BCUT2D eigenvalue weighted by atomic mass is 10.1. The van der Waals surface area contributed by atoms with E-state index in [0.29, 0.717) is 29.1 Å². The second-order valence-corrected chi connectivity index (χ2v) is 8.62. The number of nitrogens with one attached hydrogen (secondary N) is 1. The SMILES string of the molecule is CCOC(=O)c1cccc(NC(=O)c2ccc(C3SCC(=O)N3Cc3ccccc3)cc2)c1. The Morgan fingerprint density at radius 3 is 2.48 bits per heavy atom. The number of hydrogen-bond donors (Lipinski definition) is 1. The molecule has 3 aromatic rings. The van der Waals surface area contributed by atoms with Gasteiger partial charge in [-0.3, -0.25) is 9.59 Å². The highest BCUT2D eigenvalue weighted by Gasteiger charge is 2.32.